The van der Waals surface area contributed by atoms with Gasteiger partial charge in [-0.2, -0.15) is 13.2 Å². The molecule has 0 bridgehead atoms. The average molecular weight is 384 g/mol. The van der Waals surface area contributed by atoms with Crippen LogP contribution in [0.3, 0.4) is 0 Å². The number of ether oxygens (including phenoxy) is 3. The molecule has 0 radical (unpaired) electrons. The van der Waals surface area contributed by atoms with Gasteiger partial charge in [-0.3, -0.25) is 4.79 Å². The van der Waals surface area contributed by atoms with Crippen LogP contribution in [0.25, 0.3) is 0 Å². The third kappa shape index (κ3) is 6.69. The van der Waals surface area contributed by atoms with Crippen molar-refractivity contribution in [3.05, 3.63) is 42.1 Å². The summed E-state index contributed by atoms with van der Waals surface area (Å²) in [6.07, 6.45) is -2.60. The first-order valence-electron chi connectivity index (χ1n) is 7.97. The molecule has 6 nitrogen and oxygen atoms in total. The first kappa shape index (κ1) is 20.3. The molecule has 1 aromatic carbocycles. The van der Waals surface area contributed by atoms with E-state index >= 15 is 0 Å². The lowest BCUT2D eigenvalue weighted by molar-refractivity contribution is -0.154. The van der Waals surface area contributed by atoms with Crippen LogP contribution in [-0.4, -0.2) is 37.9 Å². The molecule has 0 spiro atoms. The summed E-state index contributed by atoms with van der Waals surface area (Å²) in [6.45, 7) is -1.42. The molecule has 1 N–H and O–H groups in total. The van der Waals surface area contributed by atoms with E-state index in [2.05, 4.69) is 15.0 Å². The minimum absolute atomic E-state index is 0.175. The van der Waals surface area contributed by atoms with Gasteiger partial charge in [0.1, 0.15) is 11.5 Å². The first-order valence-corrected chi connectivity index (χ1v) is 7.97. The Labute approximate surface area is 154 Å². The van der Waals surface area contributed by atoms with Crippen LogP contribution in [0, 0.1) is 0 Å². The SMILES string of the molecule is COc1ccc(OC)c(CCC(=O)Nc2ccc(OCC(F)(F)F)nc2)c1. The number of aryl methyl sites for hydroxylation is 1. The highest BCUT2D eigenvalue weighted by molar-refractivity contribution is 5.90. The van der Waals surface area contributed by atoms with Crippen molar-refractivity contribution in [1.82, 2.24) is 4.98 Å². The summed E-state index contributed by atoms with van der Waals surface area (Å²) in [6, 6.07) is 7.99. The number of hydrogen-bond acceptors (Lipinski definition) is 5. The van der Waals surface area contributed by atoms with Gasteiger partial charge in [-0.1, -0.05) is 0 Å². The van der Waals surface area contributed by atoms with Crippen LogP contribution < -0.4 is 19.5 Å². The smallest absolute Gasteiger partial charge is 0.422 e. The number of halogens is 3. The van der Waals surface area contributed by atoms with E-state index in [1.165, 1.54) is 18.3 Å². The quantitative estimate of drug-likeness (QED) is 0.753. The number of nitrogens with zero attached hydrogens (tertiary/aromatic N) is 1. The van der Waals surface area contributed by atoms with Gasteiger partial charge in [-0.25, -0.2) is 4.98 Å². The van der Waals surface area contributed by atoms with E-state index in [1.54, 1.807) is 32.4 Å². The van der Waals surface area contributed by atoms with E-state index in [4.69, 9.17) is 9.47 Å². The van der Waals surface area contributed by atoms with Crippen LogP contribution in [0.1, 0.15) is 12.0 Å². The number of carbonyl (C=O) groups is 1. The lowest BCUT2D eigenvalue weighted by atomic mass is 10.1. The van der Waals surface area contributed by atoms with Crippen LogP contribution in [0.4, 0.5) is 18.9 Å². The molecule has 1 heterocycles. The Morgan fingerprint density at radius 1 is 1.15 bits per heavy atom. The van der Waals surface area contributed by atoms with Crippen molar-refractivity contribution < 1.29 is 32.2 Å². The van der Waals surface area contributed by atoms with Crippen molar-refractivity contribution in [3.63, 3.8) is 0 Å². The minimum atomic E-state index is -4.43. The monoisotopic (exact) mass is 384 g/mol. The highest BCUT2D eigenvalue weighted by atomic mass is 19.4. The molecule has 0 aliphatic carbocycles. The molecule has 2 aromatic rings. The fraction of sp³-hybridized carbons (Fsp3) is 0.333. The third-order valence-corrected chi connectivity index (χ3v) is 3.51. The van der Waals surface area contributed by atoms with Gasteiger partial charge in [0.05, 0.1) is 26.1 Å². The molecule has 1 aromatic heterocycles. The van der Waals surface area contributed by atoms with Crippen molar-refractivity contribution in [1.29, 1.82) is 0 Å². The number of aromatic nitrogens is 1. The van der Waals surface area contributed by atoms with Crippen molar-refractivity contribution in [2.45, 2.75) is 19.0 Å². The predicted octanol–water partition coefficient (Wildman–Crippen LogP) is 3.61. The number of pyridine rings is 1. The highest BCUT2D eigenvalue weighted by Crippen LogP contribution is 2.25. The highest BCUT2D eigenvalue weighted by Gasteiger charge is 2.28. The van der Waals surface area contributed by atoms with Gasteiger partial charge >= 0.3 is 6.18 Å². The van der Waals surface area contributed by atoms with E-state index in [-0.39, 0.29) is 18.2 Å². The van der Waals surface area contributed by atoms with Crippen molar-refractivity contribution in [2.24, 2.45) is 0 Å². The molecular formula is C18H19F3N2O4. The summed E-state index contributed by atoms with van der Waals surface area (Å²) >= 11 is 0. The fourth-order valence-electron chi connectivity index (χ4n) is 2.24. The summed E-state index contributed by atoms with van der Waals surface area (Å²) in [5, 5.41) is 2.63. The van der Waals surface area contributed by atoms with Crippen LogP contribution in [0.15, 0.2) is 36.5 Å². The molecule has 1 amide bonds. The summed E-state index contributed by atoms with van der Waals surface area (Å²) in [7, 11) is 3.09. The zero-order valence-electron chi connectivity index (χ0n) is 14.8. The molecular weight excluding hydrogens is 365 g/mol. The number of alkyl halides is 3. The Hall–Kier alpha value is -2.97. The molecule has 0 fully saturated rings. The number of nitrogens with one attached hydrogen (secondary N) is 1. The Kier molecular flexibility index (Phi) is 6.86. The number of methoxy groups -OCH3 is 2. The van der Waals surface area contributed by atoms with Gasteiger partial charge in [0.2, 0.25) is 11.8 Å². The number of hydrogen-bond donors (Lipinski definition) is 1. The third-order valence-electron chi connectivity index (χ3n) is 3.51. The van der Waals surface area contributed by atoms with Crippen molar-refractivity contribution in [2.75, 3.05) is 26.1 Å². The molecule has 146 valence electrons. The zero-order valence-corrected chi connectivity index (χ0v) is 14.8. The number of benzene rings is 1. The molecule has 9 heteroatoms. The minimum Gasteiger partial charge on any atom is -0.497 e. The van der Waals surface area contributed by atoms with Crippen LogP contribution in [0.5, 0.6) is 17.4 Å². The predicted molar refractivity (Wildman–Crippen MR) is 92.3 cm³/mol. The van der Waals surface area contributed by atoms with E-state index in [9.17, 15) is 18.0 Å². The average Bonchev–Trinajstić information content (AvgIpc) is 2.65. The van der Waals surface area contributed by atoms with Gasteiger partial charge in [0.25, 0.3) is 0 Å². The Bertz CT molecular complexity index is 764. The van der Waals surface area contributed by atoms with E-state index in [0.29, 0.717) is 23.6 Å². The standard InChI is InChI=1S/C18H19F3N2O4/c1-25-14-5-6-15(26-2)12(9-14)3-7-16(24)23-13-4-8-17(22-10-13)27-11-18(19,20)21/h4-6,8-10H,3,7,11H2,1-2H3,(H,23,24). The first-order chi connectivity index (χ1) is 12.8. The maximum Gasteiger partial charge on any atom is 0.422 e. The zero-order chi connectivity index (χ0) is 19.9. The summed E-state index contributed by atoms with van der Waals surface area (Å²) < 4.78 is 51.2. The van der Waals surface area contributed by atoms with E-state index in [0.717, 1.165) is 5.56 Å². The van der Waals surface area contributed by atoms with Crippen LogP contribution in [0.2, 0.25) is 0 Å². The maximum atomic E-state index is 12.1. The van der Waals surface area contributed by atoms with E-state index < -0.39 is 12.8 Å². The number of carbonyl (C=O) groups excluding carboxylic acids is 1. The number of amides is 1. The molecule has 2 rings (SSSR count). The maximum absolute atomic E-state index is 12.1. The normalized spacial score (nSPS) is 11.0. The van der Waals surface area contributed by atoms with Gasteiger partial charge in [0, 0.05) is 12.5 Å². The Morgan fingerprint density at radius 3 is 2.52 bits per heavy atom. The van der Waals surface area contributed by atoms with Crippen molar-refractivity contribution >= 4 is 11.6 Å². The molecule has 0 saturated heterocycles. The Balaban J connectivity index is 1.89. The lowest BCUT2D eigenvalue weighted by Gasteiger charge is -2.11. The molecule has 0 atom stereocenters. The second kappa shape index (κ2) is 9.11. The lowest BCUT2D eigenvalue weighted by Crippen LogP contribution is -2.19. The summed E-state index contributed by atoms with van der Waals surface area (Å²) in [5.41, 5.74) is 1.18. The van der Waals surface area contributed by atoms with Gasteiger partial charge in [-0.15, -0.1) is 0 Å². The van der Waals surface area contributed by atoms with Crippen LogP contribution in [-0.2, 0) is 11.2 Å². The molecule has 0 saturated carbocycles. The van der Waals surface area contributed by atoms with E-state index in [1.807, 2.05) is 0 Å². The van der Waals surface area contributed by atoms with Gasteiger partial charge < -0.3 is 19.5 Å². The van der Waals surface area contributed by atoms with Crippen molar-refractivity contribution in [3.8, 4) is 17.4 Å². The Morgan fingerprint density at radius 2 is 1.93 bits per heavy atom. The number of anilines is 1. The largest absolute Gasteiger partial charge is 0.497 e. The van der Waals surface area contributed by atoms with Gasteiger partial charge in [-0.05, 0) is 36.2 Å². The molecule has 0 unspecified atom stereocenters. The second-order valence-electron chi connectivity index (χ2n) is 5.51. The molecule has 0 aliphatic heterocycles. The van der Waals surface area contributed by atoms with Gasteiger partial charge in [0.15, 0.2) is 6.61 Å². The number of rotatable bonds is 8. The second-order valence-corrected chi connectivity index (χ2v) is 5.51. The summed E-state index contributed by atoms with van der Waals surface area (Å²) in [4.78, 5) is 15.8. The molecule has 0 aliphatic rings. The topological polar surface area (TPSA) is 69.7 Å². The van der Waals surface area contributed by atoms with Crippen LogP contribution >= 0.6 is 0 Å². The fourth-order valence-corrected chi connectivity index (χ4v) is 2.24. The molecule has 27 heavy (non-hydrogen) atoms. The summed E-state index contributed by atoms with van der Waals surface area (Å²) in [5.74, 6) is 0.860.